The number of amides is 1. The first-order valence-corrected chi connectivity index (χ1v) is 5.87. The van der Waals surface area contributed by atoms with Gasteiger partial charge < -0.3 is 10.2 Å². The molecular weight excluding hydrogens is 224 g/mol. The molecule has 4 heteroatoms. The van der Waals surface area contributed by atoms with Crippen LogP contribution in [-0.4, -0.2) is 37.0 Å². The molecule has 0 saturated carbocycles. The first-order valence-electron chi connectivity index (χ1n) is 5.87. The first-order chi connectivity index (χ1) is 6.92. The highest BCUT2D eigenvalue weighted by molar-refractivity contribution is 5.85. The average Bonchev–Trinajstić information content (AvgIpc) is 2.15. The van der Waals surface area contributed by atoms with Gasteiger partial charge in [0, 0.05) is 25.6 Å². The van der Waals surface area contributed by atoms with Crippen molar-refractivity contribution in [2.75, 3.05) is 20.1 Å². The molecule has 0 aliphatic carbocycles. The summed E-state index contributed by atoms with van der Waals surface area (Å²) in [6, 6.07) is 0.489. The first kappa shape index (κ1) is 15.7. The third-order valence-corrected chi connectivity index (χ3v) is 2.86. The molecule has 3 nitrogen and oxygen atoms in total. The second-order valence-electron chi connectivity index (χ2n) is 5.71. The van der Waals surface area contributed by atoms with Crippen molar-refractivity contribution < 1.29 is 4.79 Å². The van der Waals surface area contributed by atoms with Crippen LogP contribution in [0.3, 0.4) is 0 Å². The molecule has 0 aromatic rings. The summed E-state index contributed by atoms with van der Waals surface area (Å²) in [7, 11) is 1.97. The number of likely N-dealkylation sites (N-methyl/N-ethyl adjacent to an activating group) is 1. The van der Waals surface area contributed by atoms with Crippen LogP contribution in [0.2, 0.25) is 0 Å². The number of carbonyl (C=O) groups excluding carboxylic acids is 1. The van der Waals surface area contributed by atoms with Gasteiger partial charge in [0.15, 0.2) is 0 Å². The molecule has 1 atom stereocenters. The lowest BCUT2D eigenvalue weighted by molar-refractivity contribution is -0.134. The van der Waals surface area contributed by atoms with Gasteiger partial charge in [-0.05, 0) is 25.3 Å². The zero-order valence-electron chi connectivity index (χ0n) is 10.9. The quantitative estimate of drug-likeness (QED) is 0.811. The number of hydrogen-bond donors (Lipinski definition) is 1. The van der Waals surface area contributed by atoms with Gasteiger partial charge >= 0.3 is 0 Å². The predicted octanol–water partition coefficient (Wildman–Crippen LogP) is 2.05. The number of nitrogens with zero attached hydrogens (tertiary/aromatic N) is 1. The maximum Gasteiger partial charge on any atom is 0.223 e. The van der Waals surface area contributed by atoms with Crippen molar-refractivity contribution in [3.8, 4) is 0 Å². The van der Waals surface area contributed by atoms with Crippen LogP contribution in [0.15, 0.2) is 0 Å². The number of rotatable bonds is 2. The van der Waals surface area contributed by atoms with E-state index in [0.717, 1.165) is 19.5 Å². The van der Waals surface area contributed by atoms with Gasteiger partial charge in [-0.3, -0.25) is 4.79 Å². The summed E-state index contributed by atoms with van der Waals surface area (Å²) in [5.41, 5.74) is 0.101. The Hall–Kier alpha value is -0.280. The Labute approximate surface area is 105 Å². The van der Waals surface area contributed by atoms with Crippen LogP contribution in [0, 0.1) is 5.41 Å². The van der Waals surface area contributed by atoms with Gasteiger partial charge in [-0.25, -0.2) is 0 Å². The van der Waals surface area contributed by atoms with Crippen molar-refractivity contribution in [2.24, 2.45) is 5.41 Å². The normalized spacial score (nSPS) is 21.5. The van der Waals surface area contributed by atoms with Crippen LogP contribution in [0.4, 0.5) is 0 Å². The van der Waals surface area contributed by atoms with Gasteiger partial charge in [0.05, 0.1) is 0 Å². The Morgan fingerprint density at radius 3 is 2.56 bits per heavy atom. The zero-order valence-corrected chi connectivity index (χ0v) is 11.7. The molecule has 0 radical (unpaired) electrons. The Balaban J connectivity index is 0.00000225. The van der Waals surface area contributed by atoms with Crippen molar-refractivity contribution in [3.63, 3.8) is 0 Å². The summed E-state index contributed by atoms with van der Waals surface area (Å²) in [6.07, 6.45) is 2.97. The Kier molecular flexibility index (Phi) is 6.34. The number of nitrogens with one attached hydrogen (secondary N) is 1. The smallest absolute Gasteiger partial charge is 0.223 e. The second-order valence-corrected chi connectivity index (χ2v) is 5.71. The SMILES string of the molecule is CNC1CCCN(C(=O)CC(C)(C)C)C1.Cl. The molecule has 1 saturated heterocycles. The summed E-state index contributed by atoms with van der Waals surface area (Å²) >= 11 is 0. The van der Waals surface area contributed by atoms with Gasteiger partial charge in [-0.1, -0.05) is 20.8 Å². The largest absolute Gasteiger partial charge is 0.341 e. The monoisotopic (exact) mass is 248 g/mol. The Morgan fingerprint density at radius 2 is 2.06 bits per heavy atom. The van der Waals surface area contributed by atoms with E-state index in [2.05, 4.69) is 26.1 Å². The average molecular weight is 249 g/mol. The molecule has 1 heterocycles. The van der Waals surface area contributed by atoms with Crippen molar-refractivity contribution in [2.45, 2.75) is 46.1 Å². The highest BCUT2D eigenvalue weighted by Gasteiger charge is 2.25. The molecule has 1 rings (SSSR count). The fourth-order valence-corrected chi connectivity index (χ4v) is 2.00. The van der Waals surface area contributed by atoms with Crippen LogP contribution in [0.1, 0.15) is 40.0 Å². The highest BCUT2D eigenvalue weighted by Crippen LogP contribution is 2.21. The molecule has 1 aliphatic rings. The van der Waals surface area contributed by atoms with E-state index in [1.165, 1.54) is 6.42 Å². The maximum absolute atomic E-state index is 12.0. The number of carbonyl (C=O) groups is 1. The van der Waals surface area contributed by atoms with Gasteiger partial charge in [-0.15, -0.1) is 12.4 Å². The molecule has 0 aromatic carbocycles. The van der Waals surface area contributed by atoms with Gasteiger partial charge in [0.2, 0.25) is 5.91 Å². The van der Waals surface area contributed by atoms with E-state index >= 15 is 0 Å². The maximum atomic E-state index is 12.0. The number of likely N-dealkylation sites (tertiary alicyclic amines) is 1. The second kappa shape index (κ2) is 6.45. The minimum atomic E-state index is 0. The van der Waals surface area contributed by atoms with Crippen molar-refractivity contribution in [1.29, 1.82) is 0 Å². The van der Waals surface area contributed by atoms with E-state index in [9.17, 15) is 4.79 Å². The van der Waals surface area contributed by atoms with E-state index in [1.54, 1.807) is 0 Å². The number of piperidine rings is 1. The van der Waals surface area contributed by atoms with Crippen LogP contribution in [-0.2, 0) is 4.79 Å². The van der Waals surface area contributed by atoms with E-state index < -0.39 is 0 Å². The summed E-state index contributed by atoms with van der Waals surface area (Å²) in [5.74, 6) is 0.308. The lowest BCUT2D eigenvalue weighted by atomic mass is 9.91. The van der Waals surface area contributed by atoms with E-state index in [-0.39, 0.29) is 17.8 Å². The van der Waals surface area contributed by atoms with E-state index in [0.29, 0.717) is 18.4 Å². The molecule has 0 spiro atoms. The zero-order chi connectivity index (χ0) is 11.5. The fourth-order valence-electron chi connectivity index (χ4n) is 2.00. The third-order valence-electron chi connectivity index (χ3n) is 2.86. The topological polar surface area (TPSA) is 32.3 Å². The summed E-state index contributed by atoms with van der Waals surface area (Å²) in [5, 5.41) is 3.26. The summed E-state index contributed by atoms with van der Waals surface area (Å²) < 4.78 is 0. The van der Waals surface area contributed by atoms with Crippen molar-refractivity contribution in [1.82, 2.24) is 10.2 Å². The van der Waals surface area contributed by atoms with Crippen LogP contribution in [0.5, 0.6) is 0 Å². The third kappa shape index (κ3) is 5.17. The summed E-state index contributed by atoms with van der Waals surface area (Å²) in [6.45, 7) is 8.16. The minimum absolute atomic E-state index is 0. The van der Waals surface area contributed by atoms with Gasteiger partial charge in [0.1, 0.15) is 0 Å². The van der Waals surface area contributed by atoms with E-state index in [4.69, 9.17) is 0 Å². The molecule has 0 aromatic heterocycles. The number of halogens is 1. The lowest BCUT2D eigenvalue weighted by Gasteiger charge is -2.34. The van der Waals surface area contributed by atoms with Gasteiger partial charge in [0.25, 0.3) is 0 Å². The molecule has 1 unspecified atom stereocenters. The van der Waals surface area contributed by atoms with Crippen molar-refractivity contribution >= 4 is 18.3 Å². The van der Waals surface area contributed by atoms with Crippen molar-refractivity contribution in [3.05, 3.63) is 0 Å². The molecule has 1 N–H and O–H groups in total. The predicted molar refractivity (Wildman–Crippen MR) is 70.0 cm³/mol. The standard InChI is InChI=1S/C12H24N2O.ClH/c1-12(2,3)8-11(15)14-7-5-6-10(9-14)13-4;/h10,13H,5-9H2,1-4H3;1H. The molecule has 1 aliphatic heterocycles. The molecule has 1 amide bonds. The molecule has 1 fully saturated rings. The molecule has 96 valence electrons. The lowest BCUT2D eigenvalue weighted by Crippen LogP contribution is -2.47. The summed E-state index contributed by atoms with van der Waals surface area (Å²) in [4.78, 5) is 14.0. The molecular formula is C12H25ClN2O. The van der Waals surface area contributed by atoms with Crippen LogP contribution in [0.25, 0.3) is 0 Å². The molecule has 16 heavy (non-hydrogen) atoms. The highest BCUT2D eigenvalue weighted by atomic mass is 35.5. The van der Waals surface area contributed by atoms with Crippen LogP contribution < -0.4 is 5.32 Å². The fraction of sp³-hybridized carbons (Fsp3) is 0.917. The Bertz CT molecular complexity index is 226. The minimum Gasteiger partial charge on any atom is -0.341 e. The van der Waals surface area contributed by atoms with E-state index in [1.807, 2.05) is 11.9 Å². The number of hydrogen-bond acceptors (Lipinski definition) is 2. The Morgan fingerprint density at radius 1 is 1.44 bits per heavy atom. The molecule has 0 bridgehead atoms. The van der Waals surface area contributed by atoms with Gasteiger partial charge in [-0.2, -0.15) is 0 Å². The van der Waals surface area contributed by atoms with Crippen LogP contribution >= 0.6 is 12.4 Å².